The highest BCUT2D eigenvalue weighted by Gasteiger charge is 2.20. The van der Waals surface area contributed by atoms with Crippen LogP contribution in [-0.4, -0.2) is 14.8 Å². The molecular formula is C18H20N4S. The predicted molar refractivity (Wildman–Crippen MR) is 92.4 cm³/mol. The Balaban J connectivity index is 1.37. The van der Waals surface area contributed by atoms with E-state index >= 15 is 0 Å². The zero-order valence-electron chi connectivity index (χ0n) is 13.0. The quantitative estimate of drug-likeness (QED) is 0.780. The lowest BCUT2D eigenvalue weighted by atomic mass is 9.94. The summed E-state index contributed by atoms with van der Waals surface area (Å²) in [6.07, 6.45) is 7.11. The second-order valence-electron chi connectivity index (χ2n) is 6.03. The first-order valence-electron chi connectivity index (χ1n) is 8.08. The van der Waals surface area contributed by atoms with Gasteiger partial charge in [0.2, 0.25) is 0 Å². The Hall–Kier alpha value is -1.98. The van der Waals surface area contributed by atoms with Gasteiger partial charge in [0.15, 0.2) is 0 Å². The molecule has 4 nitrogen and oxygen atoms in total. The molecule has 1 aliphatic rings. The van der Waals surface area contributed by atoms with Gasteiger partial charge in [0.05, 0.1) is 6.54 Å². The van der Waals surface area contributed by atoms with Gasteiger partial charge in [-0.1, -0.05) is 24.3 Å². The molecule has 0 radical (unpaired) electrons. The van der Waals surface area contributed by atoms with Gasteiger partial charge in [0, 0.05) is 17.5 Å². The van der Waals surface area contributed by atoms with Gasteiger partial charge in [-0.15, -0.1) is 11.3 Å². The van der Waals surface area contributed by atoms with Crippen LogP contribution in [0, 0.1) is 0 Å². The number of rotatable bonds is 5. The molecule has 23 heavy (non-hydrogen) atoms. The van der Waals surface area contributed by atoms with Gasteiger partial charge in [-0.3, -0.25) is 0 Å². The van der Waals surface area contributed by atoms with E-state index in [0.29, 0.717) is 6.04 Å². The highest BCUT2D eigenvalue weighted by atomic mass is 32.1. The highest BCUT2D eigenvalue weighted by molar-refractivity contribution is 7.10. The number of nitrogens with zero attached hydrogens (tertiary/aromatic N) is 3. The predicted octanol–water partition coefficient (Wildman–Crippen LogP) is 3.56. The fraction of sp³-hybridized carbons (Fsp3) is 0.333. The van der Waals surface area contributed by atoms with Crippen molar-refractivity contribution in [2.75, 3.05) is 0 Å². The van der Waals surface area contributed by atoms with Crippen LogP contribution in [0.3, 0.4) is 0 Å². The summed E-state index contributed by atoms with van der Waals surface area (Å²) in [5.41, 5.74) is 4.09. The largest absolute Gasteiger partial charge is 0.306 e. The lowest BCUT2D eigenvalue weighted by Gasteiger charge is -2.24. The minimum Gasteiger partial charge on any atom is -0.306 e. The van der Waals surface area contributed by atoms with Crippen molar-refractivity contribution in [3.05, 3.63) is 69.9 Å². The molecule has 0 saturated heterocycles. The maximum absolute atomic E-state index is 4.14. The van der Waals surface area contributed by atoms with E-state index in [2.05, 4.69) is 51.1 Å². The van der Waals surface area contributed by atoms with Gasteiger partial charge in [-0.2, -0.15) is 5.10 Å². The van der Waals surface area contributed by atoms with Gasteiger partial charge in [-0.05, 0) is 47.4 Å². The first kappa shape index (κ1) is 14.6. The average molecular weight is 324 g/mol. The second kappa shape index (κ2) is 6.64. The molecule has 5 heteroatoms. The van der Waals surface area contributed by atoms with Gasteiger partial charge < -0.3 is 5.32 Å². The molecule has 0 amide bonds. The van der Waals surface area contributed by atoms with Crippen molar-refractivity contribution in [2.24, 2.45) is 0 Å². The Kier molecular flexibility index (Phi) is 4.22. The number of thiophene rings is 1. The molecular weight excluding hydrogens is 304 g/mol. The molecule has 0 bridgehead atoms. The Morgan fingerprint density at radius 3 is 2.87 bits per heavy atom. The number of aryl methyl sites for hydroxylation is 1. The molecule has 1 aromatic carbocycles. The summed E-state index contributed by atoms with van der Waals surface area (Å²) in [5.74, 6) is 0. The van der Waals surface area contributed by atoms with Crippen LogP contribution < -0.4 is 5.32 Å². The normalized spacial score (nSPS) is 17.1. The number of aromatic nitrogens is 3. The first-order valence-corrected chi connectivity index (χ1v) is 8.96. The number of nitrogens with one attached hydrogen (secondary N) is 1. The molecule has 2 heterocycles. The van der Waals surface area contributed by atoms with Crippen molar-refractivity contribution in [1.29, 1.82) is 0 Å². The van der Waals surface area contributed by atoms with Crippen LogP contribution in [-0.2, 0) is 19.5 Å². The van der Waals surface area contributed by atoms with Crippen LogP contribution in [0.2, 0.25) is 0 Å². The fourth-order valence-corrected chi connectivity index (χ4v) is 4.19. The van der Waals surface area contributed by atoms with E-state index in [1.54, 1.807) is 17.5 Å². The van der Waals surface area contributed by atoms with Gasteiger partial charge in [-0.25, -0.2) is 9.67 Å². The first-order chi connectivity index (χ1) is 11.4. The molecule has 0 unspecified atom stereocenters. The number of fused-ring (bicyclic) bond motifs is 1. The lowest BCUT2D eigenvalue weighted by Crippen LogP contribution is -2.23. The molecule has 0 saturated carbocycles. The highest BCUT2D eigenvalue weighted by Crippen LogP contribution is 2.33. The summed E-state index contributed by atoms with van der Waals surface area (Å²) in [7, 11) is 0. The summed E-state index contributed by atoms with van der Waals surface area (Å²) in [5, 5.41) is 10.1. The van der Waals surface area contributed by atoms with Crippen molar-refractivity contribution in [3.63, 3.8) is 0 Å². The molecule has 3 aromatic rings. The summed E-state index contributed by atoms with van der Waals surface area (Å²) in [4.78, 5) is 5.54. The number of hydrogen-bond donors (Lipinski definition) is 1. The molecule has 1 aliphatic carbocycles. The number of benzene rings is 1. The third-order valence-corrected chi connectivity index (χ3v) is 5.44. The van der Waals surface area contributed by atoms with E-state index in [-0.39, 0.29) is 0 Å². The van der Waals surface area contributed by atoms with Crippen LogP contribution in [0.15, 0.2) is 48.4 Å². The maximum atomic E-state index is 4.14. The fourth-order valence-electron chi connectivity index (χ4n) is 3.20. The van der Waals surface area contributed by atoms with Crippen molar-refractivity contribution < 1.29 is 0 Å². The molecule has 0 aliphatic heterocycles. The van der Waals surface area contributed by atoms with Gasteiger partial charge in [0.25, 0.3) is 0 Å². The minimum absolute atomic E-state index is 0.514. The monoisotopic (exact) mass is 324 g/mol. The summed E-state index contributed by atoms with van der Waals surface area (Å²) < 4.78 is 1.84. The summed E-state index contributed by atoms with van der Waals surface area (Å²) >= 11 is 1.90. The zero-order valence-corrected chi connectivity index (χ0v) is 13.8. The standard InChI is InChI=1S/C18H20N4S/c1-2-17(16-8-9-23-18(16)3-1)20-10-14-4-6-15(7-5-14)11-22-13-19-12-21-22/h4-9,12-13,17,20H,1-3,10-11H2/t17-/m0/s1. The van der Waals surface area contributed by atoms with Crippen LogP contribution in [0.5, 0.6) is 0 Å². The van der Waals surface area contributed by atoms with E-state index in [1.165, 1.54) is 36.0 Å². The van der Waals surface area contributed by atoms with Crippen LogP contribution in [0.1, 0.15) is 40.5 Å². The molecule has 118 valence electrons. The van der Waals surface area contributed by atoms with E-state index in [0.717, 1.165) is 13.1 Å². The third-order valence-electron chi connectivity index (χ3n) is 4.44. The maximum Gasteiger partial charge on any atom is 0.137 e. The topological polar surface area (TPSA) is 42.7 Å². The van der Waals surface area contributed by atoms with Gasteiger partial charge >= 0.3 is 0 Å². The van der Waals surface area contributed by atoms with Crippen molar-refractivity contribution in [1.82, 2.24) is 20.1 Å². The average Bonchev–Trinajstić information content (AvgIpc) is 3.25. The molecule has 0 fully saturated rings. The smallest absolute Gasteiger partial charge is 0.137 e. The zero-order chi connectivity index (χ0) is 15.5. The van der Waals surface area contributed by atoms with Crippen LogP contribution in [0.4, 0.5) is 0 Å². The van der Waals surface area contributed by atoms with Gasteiger partial charge in [0.1, 0.15) is 12.7 Å². The van der Waals surface area contributed by atoms with Crippen molar-refractivity contribution in [2.45, 2.75) is 38.4 Å². The SMILES string of the molecule is c1ncn(Cc2ccc(CN[C@H]3CCCc4sccc43)cc2)n1. The third kappa shape index (κ3) is 3.35. The van der Waals surface area contributed by atoms with E-state index < -0.39 is 0 Å². The Labute approximate surface area is 140 Å². The van der Waals surface area contributed by atoms with Crippen LogP contribution in [0.25, 0.3) is 0 Å². The second-order valence-corrected chi connectivity index (χ2v) is 7.04. The van der Waals surface area contributed by atoms with E-state index in [4.69, 9.17) is 0 Å². The summed E-state index contributed by atoms with van der Waals surface area (Å²) in [6, 6.07) is 11.6. The lowest BCUT2D eigenvalue weighted by molar-refractivity contribution is 0.463. The Morgan fingerprint density at radius 1 is 1.17 bits per heavy atom. The molecule has 1 N–H and O–H groups in total. The molecule has 4 rings (SSSR count). The van der Waals surface area contributed by atoms with Crippen LogP contribution >= 0.6 is 11.3 Å². The summed E-state index contributed by atoms with van der Waals surface area (Å²) in [6.45, 7) is 1.69. The van der Waals surface area contributed by atoms with Crippen molar-refractivity contribution >= 4 is 11.3 Å². The van der Waals surface area contributed by atoms with Crippen molar-refractivity contribution in [3.8, 4) is 0 Å². The van der Waals surface area contributed by atoms with E-state index in [1.807, 2.05) is 16.0 Å². The molecule has 2 aromatic heterocycles. The van der Waals surface area contributed by atoms with E-state index in [9.17, 15) is 0 Å². The Bertz CT molecular complexity index is 746. The minimum atomic E-state index is 0.514. The molecule has 0 spiro atoms. The molecule has 1 atom stereocenters. The number of hydrogen-bond acceptors (Lipinski definition) is 4. The Morgan fingerprint density at radius 2 is 2.04 bits per heavy atom.